The number of rotatable bonds is 7. The lowest BCUT2D eigenvalue weighted by Crippen LogP contribution is -2.32. The van der Waals surface area contributed by atoms with E-state index in [9.17, 15) is 17.2 Å². The van der Waals surface area contributed by atoms with Gasteiger partial charge in [-0.1, -0.05) is 0 Å². The molecular formula is C13H18F2N2O3S. The minimum absolute atomic E-state index is 0.141. The Bertz CT molecular complexity index is 607. The van der Waals surface area contributed by atoms with Crippen molar-refractivity contribution in [1.29, 1.82) is 0 Å². The number of nitrogens with one attached hydrogen (secondary N) is 1. The van der Waals surface area contributed by atoms with Gasteiger partial charge in [0.1, 0.15) is 11.6 Å². The number of halogens is 2. The number of anilines is 1. The Morgan fingerprint density at radius 3 is 2.38 bits per heavy atom. The van der Waals surface area contributed by atoms with Gasteiger partial charge in [0.05, 0.1) is 0 Å². The summed E-state index contributed by atoms with van der Waals surface area (Å²) < 4.78 is 58.8. The predicted molar refractivity (Wildman–Crippen MR) is 74.1 cm³/mol. The molecule has 1 fully saturated rings. The first-order valence-electron chi connectivity index (χ1n) is 6.53. The lowest BCUT2D eigenvalue weighted by atomic mass is 10.0. The number of methoxy groups -OCH3 is 1. The van der Waals surface area contributed by atoms with Crippen LogP contribution >= 0.6 is 0 Å². The van der Waals surface area contributed by atoms with Crippen molar-refractivity contribution in [1.82, 2.24) is 4.72 Å². The van der Waals surface area contributed by atoms with E-state index in [4.69, 9.17) is 10.5 Å². The molecular weight excluding hydrogens is 302 g/mol. The zero-order valence-corrected chi connectivity index (χ0v) is 12.5. The van der Waals surface area contributed by atoms with E-state index >= 15 is 0 Å². The molecule has 8 heteroatoms. The Morgan fingerprint density at radius 1 is 1.33 bits per heavy atom. The summed E-state index contributed by atoms with van der Waals surface area (Å²) in [5.74, 6) is -2.39. The molecule has 1 saturated carbocycles. The van der Waals surface area contributed by atoms with Gasteiger partial charge in [-0.25, -0.2) is 21.9 Å². The number of benzene rings is 1. The predicted octanol–water partition coefficient (Wildman–Crippen LogP) is 1.64. The lowest BCUT2D eigenvalue weighted by molar-refractivity contribution is 0.173. The molecule has 0 aromatic heterocycles. The molecule has 21 heavy (non-hydrogen) atoms. The molecule has 0 atom stereocenters. The number of hydrogen-bond acceptors (Lipinski definition) is 4. The highest BCUT2D eigenvalue weighted by atomic mass is 32.2. The smallest absolute Gasteiger partial charge is 0.246 e. The minimum atomic E-state index is -4.25. The molecule has 5 nitrogen and oxygen atoms in total. The second-order valence-electron chi connectivity index (χ2n) is 5.38. The van der Waals surface area contributed by atoms with Crippen LogP contribution < -0.4 is 10.5 Å². The van der Waals surface area contributed by atoms with Crippen molar-refractivity contribution in [2.45, 2.75) is 24.2 Å². The van der Waals surface area contributed by atoms with Crippen LogP contribution in [-0.2, 0) is 14.8 Å². The molecule has 1 aliphatic rings. The number of nitrogens with two attached hydrogens (primary N) is 1. The third-order valence-electron chi connectivity index (χ3n) is 3.72. The Labute approximate surface area is 122 Å². The molecule has 1 aromatic carbocycles. The molecule has 2 rings (SSSR count). The molecule has 118 valence electrons. The van der Waals surface area contributed by atoms with Crippen molar-refractivity contribution in [3.63, 3.8) is 0 Å². The normalized spacial score (nSPS) is 16.9. The fourth-order valence-corrected chi connectivity index (χ4v) is 3.44. The largest absolute Gasteiger partial charge is 0.399 e. The van der Waals surface area contributed by atoms with Gasteiger partial charge in [0.2, 0.25) is 10.0 Å². The molecule has 0 aliphatic heterocycles. The summed E-state index contributed by atoms with van der Waals surface area (Å²) in [7, 11) is -2.68. The third kappa shape index (κ3) is 3.69. The summed E-state index contributed by atoms with van der Waals surface area (Å²) in [5.41, 5.74) is 4.94. The Morgan fingerprint density at radius 2 is 1.90 bits per heavy atom. The highest BCUT2D eigenvalue weighted by Gasteiger charge is 2.43. The average Bonchev–Trinajstić information content (AvgIpc) is 3.13. The Hall–Kier alpha value is -1.25. The maximum atomic E-state index is 13.7. The monoisotopic (exact) mass is 320 g/mol. The number of nitrogen functional groups attached to an aromatic ring is 1. The quantitative estimate of drug-likeness (QED) is 0.748. The van der Waals surface area contributed by atoms with Crippen LogP contribution in [-0.4, -0.2) is 28.7 Å². The van der Waals surface area contributed by atoms with Crippen LogP contribution in [0.3, 0.4) is 0 Å². The molecule has 0 heterocycles. The van der Waals surface area contributed by atoms with E-state index in [0.717, 1.165) is 25.0 Å². The average molecular weight is 320 g/mol. The molecule has 1 aliphatic carbocycles. The van der Waals surface area contributed by atoms with Crippen molar-refractivity contribution in [3.05, 3.63) is 23.8 Å². The van der Waals surface area contributed by atoms with E-state index in [-0.39, 0.29) is 17.6 Å². The van der Waals surface area contributed by atoms with Crippen LogP contribution in [0.1, 0.15) is 19.3 Å². The molecule has 0 radical (unpaired) electrons. The SMILES string of the molecule is COCCC1(CNS(=O)(=O)c2c(F)cc(N)cc2F)CC1. The second kappa shape index (κ2) is 5.86. The zero-order chi connectivity index (χ0) is 15.7. The van der Waals surface area contributed by atoms with Crippen LogP contribution in [0.15, 0.2) is 17.0 Å². The molecule has 0 unspecified atom stereocenters. The molecule has 0 bridgehead atoms. The van der Waals surface area contributed by atoms with E-state index in [0.29, 0.717) is 13.0 Å². The summed E-state index contributed by atoms with van der Waals surface area (Å²) in [6.45, 7) is 0.661. The standard InChI is InChI=1S/C13H18F2N2O3S/c1-20-5-4-13(2-3-13)8-17-21(18,19)12-10(14)6-9(16)7-11(12)15/h6-7,17H,2-5,8,16H2,1H3. The molecule has 0 saturated heterocycles. The van der Waals surface area contributed by atoms with Gasteiger partial charge in [-0.2, -0.15) is 0 Å². The van der Waals surface area contributed by atoms with Gasteiger partial charge in [0.15, 0.2) is 4.90 Å². The summed E-state index contributed by atoms with van der Waals surface area (Å²) in [6, 6.07) is 1.57. The van der Waals surface area contributed by atoms with Gasteiger partial charge in [0, 0.05) is 25.9 Å². The van der Waals surface area contributed by atoms with Gasteiger partial charge in [0.25, 0.3) is 0 Å². The topological polar surface area (TPSA) is 81.4 Å². The summed E-state index contributed by atoms with van der Waals surface area (Å²) in [4.78, 5) is -0.987. The fourth-order valence-electron chi connectivity index (χ4n) is 2.17. The zero-order valence-electron chi connectivity index (χ0n) is 11.7. The van der Waals surface area contributed by atoms with Crippen molar-refractivity contribution in [2.75, 3.05) is 26.0 Å². The second-order valence-corrected chi connectivity index (χ2v) is 7.08. The maximum absolute atomic E-state index is 13.7. The van der Waals surface area contributed by atoms with Crippen LogP contribution in [0, 0.1) is 17.0 Å². The Balaban J connectivity index is 2.13. The van der Waals surface area contributed by atoms with E-state index in [2.05, 4.69) is 4.72 Å². The van der Waals surface area contributed by atoms with Crippen LogP contribution in [0.4, 0.5) is 14.5 Å². The van der Waals surface area contributed by atoms with Crippen molar-refractivity contribution < 1.29 is 21.9 Å². The highest BCUT2D eigenvalue weighted by molar-refractivity contribution is 7.89. The van der Waals surface area contributed by atoms with E-state index in [1.807, 2.05) is 0 Å². The Kier molecular flexibility index (Phi) is 4.50. The fraction of sp³-hybridized carbons (Fsp3) is 0.538. The summed E-state index contributed by atoms with van der Waals surface area (Å²) in [5, 5.41) is 0. The first kappa shape index (κ1) is 16.1. The van der Waals surface area contributed by atoms with Crippen molar-refractivity contribution >= 4 is 15.7 Å². The first-order chi connectivity index (χ1) is 9.80. The highest BCUT2D eigenvalue weighted by Crippen LogP contribution is 2.48. The van der Waals surface area contributed by atoms with Gasteiger partial charge < -0.3 is 10.5 Å². The van der Waals surface area contributed by atoms with Crippen LogP contribution in [0.25, 0.3) is 0 Å². The lowest BCUT2D eigenvalue weighted by Gasteiger charge is -2.16. The van der Waals surface area contributed by atoms with E-state index in [1.54, 1.807) is 7.11 Å². The third-order valence-corrected chi connectivity index (χ3v) is 5.17. The maximum Gasteiger partial charge on any atom is 0.246 e. The van der Waals surface area contributed by atoms with E-state index < -0.39 is 26.6 Å². The van der Waals surface area contributed by atoms with Crippen molar-refractivity contribution in [2.24, 2.45) is 5.41 Å². The van der Waals surface area contributed by atoms with Gasteiger partial charge in [-0.15, -0.1) is 0 Å². The van der Waals surface area contributed by atoms with Gasteiger partial charge >= 0.3 is 0 Å². The van der Waals surface area contributed by atoms with Crippen molar-refractivity contribution in [3.8, 4) is 0 Å². The molecule has 0 spiro atoms. The number of sulfonamides is 1. The molecule has 0 amide bonds. The number of hydrogen-bond donors (Lipinski definition) is 2. The van der Waals surface area contributed by atoms with E-state index in [1.165, 1.54) is 0 Å². The molecule has 1 aromatic rings. The minimum Gasteiger partial charge on any atom is -0.399 e. The van der Waals surface area contributed by atoms with Gasteiger partial charge in [-0.3, -0.25) is 0 Å². The number of ether oxygens (including phenoxy) is 1. The summed E-state index contributed by atoms with van der Waals surface area (Å²) in [6.07, 6.45) is 2.44. The van der Waals surface area contributed by atoms with Crippen LogP contribution in [0.2, 0.25) is 0 Å². The molecule has 3 N–H and O–H groups in total. The van der Waals surface area contributed by atoms with Gasteiger partial charge in [-0.05, 0) is 36.8 Å². The van der Waals surface area contributed by atoms with Crippen LogP contribution in [0.5, 0.6) is 0 Å². The summed E-state index contributed by atoms with van der Waals surface area (Å²) >= 11 is 0. The first-order valence-corrected chi connectivity index (χ1v) is 8.01.